The Hall–Kier alpha value is -4.74. The predicted molar refractivity (Wildman–Crippen MR) is 163 cm³/mol. The van der Waals surface area contributed by atoms with Crippen LogP contribution in [0.3, 0.4) is 0 Å². The average Bonchev–Trinajstić information content (AvgIpc) is 3.02. The summed E-state index contributed by atoms with van der Waals surface area (Å²) in [7, 11) is 0. The van der Waals surface area contributed by atoms with Crippen molar-refractivity contribution in [3.63, 3.8) is 0 Å². The van der Waals surface area contributed by atoms with Crippen molar-refractivity contribution < 1.29 is 19.4 Å². The molecule has 42 heavy (non-hydrogen) atoms. The van der Waals surface area contributed by atoms with Crippen molar-refractivity contribution in [2.45, 2.75) is 13.0 Å². The number of carbonyl (C=O) groups excluding carboxylic acids is 1. The van der Waals surface area contributed by atoms with Crippen molar-refractivity contribution in [3.05, 3.63) is 102 Å². The Bertz CT molecular complexity index is 1340. The van der Waals surface area contributed by atoms with Gasteiger partial charge in [-0.2, -0.15) is 15.0 Å². The molecule has 0 aliphatic carbocycles. The van der Waals surface area contributed by atoms with Crippen LogP contribution in [0, 0.1) is 0 Å². The van der Waals surface area contributed by atoms with E-state index >= 15 is 0 Å². The SMILES string of the molecule is O=C(NCCOCCOCCNc1nc(NCCc2ccc(O)cc2)nc(NCc2ccccc2)n1)c1ccccc1. The Morgan fingerprint density at radius 3 is 1.86 bits per heavy atom. The second-order valence-corrected chi connectivity index (χ2v) is 9.26. The van der Waals surface area contributed by atoms with Crippen LogP contribution in [0.2, 0.25) is 0 Å². The monoisotopic (exact) mass is 571 g/mol. The highest BCUT2D eigenvalue weighted by Crippen LogP contribution is 2.13. The number of aromatic hydroxyl groups is 1. The van der Waals surface area contributed by atoms with Crippen LogP contribution in [-0.2, 0) is 22.4 Å². The zero-order valence-electron chi connectivity index (χ0n) is 23.5. The summed E-state index contributed by atoms with van der Waals surface area (Å²) in [5.41, 5.74) is 2.83. The Labute approximate surface area is 245 Å². The lowest BCUT2D eigenvalue weighted by Crippen LogP contribution is -2.27. The van der Waals surface area contributed by atoms with E-state index in [0.717, 1.165) is 17.5 Å². The molecule has 0 bridgehead atoms. The van der Waals surface area contributed by atoms with Gasteiger partial charge >= 0.3 is 0 Å². The van der Waals surface area contributed by atoms with Crippen molar-refractivity contribution in [3.8, 4) is 5.75 Å². The maximum atomic E-state index is 12.0. The molecule has 4 aromatic rings. The first-order chi connectivity index (χ1) is 20.7. The fourth-order valence-electron chi connectivity index (χ4n) is 3.86. The third-order valence-corrected chi connectivity index (χ3v) is 6.03. The maximum absolute atomic E-state index is 12.0. The van der Waals surface area contributed by atoms with Gasteiger partial charge in [0.1, 0.15) is 5.75 Å². The van der Waals surface area contributed by atoms with E-state index in [4.69, 9.17) is 9.47 Å². The number of amides is 1. The molecule has 0 spiro atoms. The minimum atomic E-state index is -0.117. The molecule has 0 unspecified atom stereocenters. The number of hydrogen-bond donors (Lipinski definition) is 5. The van der Waals surface area contributed by atoms with Crippen LogP contribution < -0.4 is 21.3 Å². The van der Waals surface area contributed by atoms with Crippen molar-refractivity contribution in [1.29, 1.82) is 0 Å². The highest BCUT2D eigenvalue weighted by molar-refractivity contribution is 5.94. The van der Waals surface area contributed by atoms with Crippen LogP contribution in [0.5, 0.6) is 5.75 Å². The number of nitrogens with zero attached hydrogens (tertiary/aromatic N) is 3. The molecule has 5 N–H and O–H groups in total. The number of phenolic OH excluding ortho intramolecular Hbond substituents is 1. The zero-order valence-corrected chi connectivity index (χ0v) is 23.5. The van der Waals surface area contributed by atoms with Crippen molar-refractivity contribution >= 4 is 23.8 Å². The molecule has 0 radical (unpaired) electrons. The molecule has 0 fully saturated rings. The van der Waals surface area contributed by atoms with E-state index < -0.39 is 0 Å². The first kappa shape index (κ1) is 30.2. The molecular formula is C31H37N7O4. The van der Waals surface area contributed by atoms with Gasteiger partial charge in [0.15, 0.2) is 0 Å². The number of aromatic nitrogens is 3. The number of nitrogens with one attached hydrogen (secondary N) is 4. The molecule has 220 valence electrons. The summed E-state index contributed by atoms with van der Waals surface area (Å²) in [6.45, 7) is 3.84. The predicted octanol–water partition coefficient (Wildman–Crippen LogP) is 3.72. The fraction of sp³-hybridized carbons (Fsp3) is 0.290. The summed E-state index contributed by atoms with van der Waals surface area (Å²) in [4.78, 5) is 25.5. The smallest absolute Gasteiger partial charge is 0.251 e. The number of hydrogen-bond acceptors (Lipinski definition) is 10. The van der Waals surface area contributed by atoms with Crippen molar-refractivity contribution in [1.82, 2.24) is 20.3 Å². The van der Waals surface area contributed by atoms with Gasteiger partial charge in [0.25, 0.3) is 5.91 Å². The number of carbonyl (C=O) groups is 1. The van der Waals surface area contributed by atoms with Crippen LogP contribution >= 0.6 is 0 Å². The first-order valence-corrected chi connectivity index (χ1v) is 13.9. The largest absolute Gasteiger partial charge is 0.508 e. The standard InChI is InChI=1S/C31H37N7O4/c39-27-13-11-24(12-14-27)15-16-33-29-36-30(38-31(37-29)35-23-25-7-3-1-4-8-25)34-18-20-42-22-21-41-19-17-32-28(40)26-9-5-2-6-10-26/h1-14,39H,15-23H2,(H,32,40)(H3,33,34,35,36,37,38). The summed E-state index contributed by atoms with van der Waals surface area (Å²) in [5, 5.41) is 22.0. The highest BCUT2D eigenvalue weighted by atomic mass is 16.5. The number of rotatable bonds is 18. The zero-order chi connectivity index (χ0) is 29.2. The normalized spacial score (nSPS) is 10.7. The van der Waals surface area contributed by atoms with Gasteiger partial charge in [-0.3, -0.25) is 4.79 Å². The molecule has 3 aromatic carbocycles. The summed E-state index contributed by atoms with van der Waals surface area (Å²) in [6.07, 6.45) is 0.747. The molecule has 11 heteroatoms. The topological polar surface area (TPSA) is 143 Å². The van der Waals surface area contributed by atoms with E-state index in [2.05, 4.69) is 36.2 Å². The summed E-state index contributed by atoms with van der Waals surface area (Å²) in [6, 6.07) is 26.2. The van der Waals surface area contributed by atoms with Gasteiger partial charge in [-0.15, -0.1) is 0 Å². The van der Waals surface area contributed by atoms with Crippen molar-refractivity contribution in [2.24, 2.45) is 0 Å². The van der Waals surface area contributed by atoms with E-state index in [1.807, 2.05) is 60.7 Å². The van der Waals surface area contributed by atoms with Gasteiger partial charge in [0, 0.05) is 31.7 Å². The minimum Gasteiger partial charge on any atom is -0.508 e. The summed E-state index contributed by atoms with van der Waals surface area (Å²) in [5.74, 6) is 1.47. The van der Waals surface area contributed by atoms with Crippen LogP contribution in [0.1, 0.15) is 21.5 Å². The molecule has 0 atom stereocenters. The average molecular weight is 572 g/mol. The van der Waals surface area contributed by atoms with Gasteiger partial charge in [-0.25, -0.2) is 0 Å². The quantitative estimate of drug-likeness (QED) is 0.112. The summed E-state index contributed by atoms with van der Waals surface area (Å²) < 4.78 is 11.2. The summed E-state index contributed by atoms with van der Waals surface area (Å²) >= 11 is 0. The number of anilines is 3. The molecule has 11 nitrogen and oxygen atoms in total. The first-order valence-electron chi connectivity index (χ1n) is 13.9. The lowest BCUT2D eigenvalue weighted by atomic mass is 10.1. The Balaban J connectivity index is 1.16. The molecule has 1 aromatic heterocycles. The molecular weight excluding hydrogens is 534 g/mol. The van der Waals surface area contributed by atoms with Crippen LogP contribution in [0.25, 0.3) is 0 Å². The van der Waals surface area contributed by atoms with Gasteiger partial charge in [-0.1, -0.05) is 60.7 Å². The number of phenols is 1. The lowest BCUT2D eigenvalue weighted by Gasteiger charge is -2.12. The molecule has 1 amide bonds. The number of ether oxygens (including phenoxy) is 2. The molecule has 0 saturated heterocycles. The molecule has 1 heterocycles. The second kappa shape index (κ2) is 17.2. The fourth-order valence-corrected chi connectivity index (χ4v) is 3.86. The molecule has 0 aliphatic heterocycles. The van der Waals surface area contributed by atoms with Crippen LogP contribution in [-0.4, -0.2) is 72.0 Å². The third kappa shape index (κ3) is 11.0. The van der Waals surface area contributed by atoms with E-state index in [1.54, 1.807) is 24.3 Å². The van der Waals surface area contributed by atoms with Gasteiger partial charge in [0.2, 0.25) is 17.8 Å². The van der Waals surface area contributed by atoms with Crippen LogP contribution in [0.4, 0.5) is 17.8 Å². The Kier molecular flexibility index (Phi) is 12.3. The Morgan fingerprint density at radius 2 is 1.19 bits per heavy atom. The maximum Gasteiger partial charge on any atom is 0.251 e. The van der Waals surface area contributed by atoms with E-state index in [9.17, 15) is 9.90 Å². The van der Waals surface area contributed by atoms with Crippen molar-refractivity contribution in [2.75, 3.05) is 62.0 Å². The molecule has 4 rings (SSSR count). The van der Waals surface area contributed by atoms with E-state index in [-0.39, 0.29) is 11.7 Å². The molecule has 0 aliphatic rings. The second-order valence-electron chi connectivity index (χ2n) is 9.26. The lowest BCUT2D eigenvalue weighted by molar-refractivity contribution is 0.0519. The third-order valence-electron chi connectivity index (χ3n) is 6.03. The Morgan fingerprint density at radius 1 is 0.619 bits per heavy atom. The van der Waals surface area contributed by atoms with Gasteiger partial charge in [0.05, 0.1) is 26.4 Å². The van der Waals surface area contributed by atoms with E-state index in [0.29, 0.717) is 76.0 Å². The van der Waals surface area contributed by atoms with Gasteiger partial charge < -0.3 is 35.8 Å². The van der Waals surface area contributed by atoms with E-state index in [1.165, 1.54) is 0 Å². The minimum absolute atomic E-state index is 0.117. The van der Waals surface area contributed by atoms with Crippen LogP contribution in [0.15, 0.2) is 84.9 Å². The molecule has 0 saturated carbocycles. The highest BCUT2D eigenvalue weighted by Gasteiger charge is 2.07. The number of benzene rings is 3. The van der Waals surface area contributed by atoms with Gasteiger partial charge in [-0.05, 0) is 41.8 Å².